The molecule has 1 aliphatic rings. The minimum absolute atomic E-state index is 0.107. The molecule has 0 radical (unpaired) electrons. The standard InChI is InChI=1S/C13H21NO4/c1-5-17-11(15)8-9-6-7-10(9)14-12(16)18-13(2,3)4/h8,10H,5-7H2,1-4H3,(H,14,16). The molecule has 5 nitrogen and oxygen atoms in total. The van der Waals surface area contributed by atoms with Gasteiger partial charge in [-0.3, -0.25) is 0 Å². The third kappa shape index (κ3) is 4.77. The SMILES string of the molecule is CCOC(=O)C=C1CCC1NC(=O)OC(C)(C)C. The lowest BCUT2D eigenvalue weighted by atomic mass is 9.86. The molecule has 1 fully saturated rings. The van der Waals surface area contributed by atoms with E-state index in [1.54, 1.807) is 6.92 Å². The van der Waals surface area contributed by atoms with Crippen LogP contribution >= 0.6 is 0 Å². The second-order valence-electron chi connectivity index (χ2n) is 5.21. The van der Waals surface area contributed by atoms with Crippen molar-refractivity contribution in [1.82, 2.24) is 5.32 Å². The van der Waals surface area contributed by atoms with Gasteiger partial charge < -0.3 is 14.8 Å². The summed E-state index contributed by atoms with van der Waals surface area (Å²) >= 11 is 0. The Morgan fingerprint density at radius 2 is 2.11 bits per heavy atom. The Kier molecular flexibility index (Phi) is 4.76. The highest BCUT2D eigenvalue weighted by Crippen LogP contribution is 2.26. The molecule has 1 rings (SSSR count). The minimum atomic E-state index is -0.515. The maximum atomic E-state index is 11.5. The van der Waals surface area contributed by atoms with E-state index in [0.717, 1.165) is 18.4 Å². The molecule has 0 heterocycles. The fourth-order valence-electron chi connectivity index (χ4n) is 1.58. The molecule has 0 aromatic heterocycles. The number of ether oxygens (including phenoxy) is 2. The fraction of sp³-hybridized carbons (Fsp3) is 0.692. The minimum Gasteiger partial charge on any atom is -0.463 e. The van der Waals surface area contributed by atoms with Gasteiger partial charge in [-0.25, -0.2) is 9.59 Å². The third-order valence-corrected chi connectivity index (χ3v) is 2.45. The second-order valence-corrected chi connectivity index (χ2v) is 5.21. The number of rotatable bonds is 3. The van der Waals surface area contributed by atoms with Crippen LogP contribution in [0.5, 0.6) is 0 Å². The largest absolute Gasteiger partial charge is 0.463 e. The molecular weight excluding hydrogens is 234 g/mol. The summed E-state index contributed by atoms with van der Waals surface area (Å²) in [6.45, 7) is 7.54. The first-order valence-electron chi connectivity index (χ1n) is 6.18. The lowest BCUT2D eigenvalue weighted by molar-refractivity contribution is -0.137. The zero-order valence-corrected chi connectivity index (χ0v) is 11.4. The Labute approximate surface area is 108 Å². The summed E-state index contributed by atoms with van der Waals surface area (Å²) in [5, 5.41) is 2.73. The average molecular weight is 255 g/mol. The summed E-state index contributed by atoms with van der Waals surface area (Å²) in [6.07, 6.45) is 2.63. The molecule has 1 aliphatic carbocycles. The number of carbonyl (C=O) groups is 2. The Morgan fingerprint density at radius 3 is 2.56 bits per heavy atom. The van der Waals surface area contributed by atoms with Crippen LogP contribution in [0.15, 0.2) is 11.6 Å². The third-order valence-electron chi connectivity index (χ3n) is 2.45. The number of alkyl carbamates (subject to hydrolysis) is 1. The first-order chi connectivity index (χ1) is 8.31. The van der Waals surface area contributed by atoms with Gasteiger partial charge in [-0.15, -0.1) is 0 Å². The van der Waals surface area contributed by atoms with Crippen LogP contribution < -0.4 is 5.32 Å². The highest BCUT2D eigenvalue weighted by molar-refractivity contribution is 5.83. The molecule has 5 heteroatoms. The molecule has 0 aliphatic heterocycles. The number of hydrogen-bond donors (Lipinski definition) is 1. The van der Waals surface area contributed by atoms with E-state index in [1.165, 1.54) is 6.08 Å². The summed E-state index contributed by atoms with van der Waals surface area (Å²) in [5.41, 5.74) is 0.373. The summed E-state index contributed by atoms with van der Waals surface area (Å²) < 4.78 is 9.97. The topological polar surface area (TPSA) is 64.6 Å². The van der Waals surface area contributed by atoms with Crippen molar-refractivity contribution >= 4 is 12.1 Å². The molecule has 1 N–H and O–H groups in total. The van der Waals surface area contributed by atoms with Gasteiger partial charge in [0.2, 0.25) is 0 Å². The summed E-state index contributed by atoms with van der Waals surface area (Å²) in [7, 11) is 0. The summed E-state index contributed by atoms with van der Waals surface area (Å²) in [4.78, 5) is 22.8. The zero-order valence-electron chi connectivity index (χ0n) is 11.4. The van der Waals surface area contributed by atoms with Gasteiger partial charge in [0.1, 0.15) is 5.60 Å². The van der Waals surface area contributed by atoms with Crippen LogP contribution in [0.25, 0.3) is 0 Å². The molecule has 1 unspecified atom stereocenters. The number of amides is 1. The molecule has 18 heavy (non-hydrogen) atoms. The Balaban J connectivity index is 2.44. The molecule has 0 bridgehead atoms. The quantitative estimate of drug-likeness (QED) is 0.620. The van der Waals surface area contributed by atoms with Gasteiger partial charge in [0.15, 0.2) is 0 Å². The van der Waals surface area contributed by atoms with Crippen LogP contribution in [0.2, 0.25) is 0 Å². The monoisotopic (exact) mass is 255 g/mol. The number of esters is 1. The van der Waals surface area contributed by atoms with E-state index >= 15 is 0 Å². The van der Waals surface area contributed by atoms with Crippen LogP contribution in [0.4, 0.5) is 4.79 Å². The van der Waals surface area contributed by atoms with E-state index in [0.29, 0.717) is 6.61 Å². The van der Waals surface area contributed by atoms with Crippen molar-refractivity contribution in [3.8, 4) is 0 Å². The van der Waals surface area contributed by atoms with E-state index in [-0.39, 0.29) is 12.0 Å². The van der Waals surface area contributed by atoms with E-state index < -0.39 is 11.7 Å². The fourth-order valence-corrected chi connectivity index (χ4v) is 1.58. The van der Waals surface area contributed by atoms with Crippen molar-refractivity contribution in [2.45, 2.75) is 52.2 Å². The van der Waals surface area contributed by atoms with E-state index in [2.05, 4.69) is 5.32 Å². The maximum absolute atomic E-state index is 11.5. The smallest absolute Gasteiger partial charge is 0.408 e. The maximum Gasteiger partial charge on any atom is 0.408 e. The van der Waals surface area contributed by atoms with Gasteiger partial charge in [0.05, 0.1) is 12.6 Å². The molecule has 0 aromatic carbocycles. The zero-order chi connectivity index (χ0) is 13.8. The van der Waals surface area contributed by atoms with Crippen LogP contribution in [0.1, 0.15) is 40.5 Å². The number of nitrogens with one attached hydrogen (secondary N) is 1. The van der Waals surface area contributed by atoms with Crippen molar-refractivity contribution in [3.05, 3.63) is 11.6 Å². The predicted octanol–water partition coefficient (Wildman–Crippen LogP) is 2.16. The lowest BCUT2D eigenvalue weighted by Gasteiger charge is -2.31. The van der Waals surface area contributed by atoms with Crippen molar-refractivity contribution in [1.29, 1.82) is 0 Å². The highest BCUT2D eigenvalue weighted by atomic mass is 16.6. The summed E-state index contributed by atoms with van der Waals surface area (Å²) in [5.74, 6) is -0.358. The lowest BCUT2D eigenvalue weighted by Crippen LogP contribution is -2.44. The van der Waals surface area contributed by atoms with Gasteiger partial charge >= 0.3 is 12.1 Å². The van der Waals surface area contributed by atoms with Crippen molar-refractivity contribution in [2.24, 2.45) is 0 Å². The van der Waals surface area contributed by atoms with Crippen LogP contribution in [0, 0.1) is 0 Å². The van der Waals surface area contributed by atoms with Crippen LogP contribution in [0.3, 0.4) is 0 Å². The average Bonchev–Trinajstić information content (AvgIpc) is 2.19. The number of carbonyl (C=O) groups excluding carboxylic acids is 2. The van der Waals surface area contributed by atoms with E-state index in [4.69, 9.17) is 9.47 Å². The Bertz CT molecular complexity index is 354. The van der Waals surface area contributed by atoms with E-state index in [1.807, 2.05) is 20.8 Å². The van der Waals surface area contributed by atoms with Crippen molar-refractivity contribution < 1.29 is 19.1 Å². The van der Waals surface area contributed by atoms with Crippen LogP contribution in [-0.2, 0) is 14.3 Å². The van der Waals surface area contributed by atoms with Gasteiger partial charge in [0.25, 0.3) is 0 Å². The first-order valence-corrected chi connectivity index (χ1v) is 6.18. The predicted molar refractivity (Wildman–Crippen MR) is 67.1 cm³/mol. The molecule has 1 atom stereocenters. The Morgan fingerprint density at radius 1 is 1.44 bits per heavy atom. The van der Waals surface area contributed by atoms with Crippen molar-refractivity contribution in [3.63, 3.8) is 0 Å². The van der Waals surface area contributed by atoms with Gasteiger partial charge in [-0.1, -0.05) is 0 Å². The molecular formula is C13H21NO4. The number of hydrogen-bond acceptors (Lipinski definition) is 4. The molecule has 0 saturated heterocycles. The molecule has 0 spiro atoms. The molecule has 1 amide bonds. The molecule has 102 valence electrons. The van der Waals surface area contributed by atoms with Gasteiger partial charge in [0, 0.05) is 6.08 Å². The molecule has 0 aromatic rings. The van der Waals surface area contributed by atoms with E-state index in [9.17, 15) is 9.59 Å². The summed E-state index contributed by atoms with van der Waals surface area (Å²) in [6, 6.07) is -0.107. The first kappa shape index (κ1) is 14.5. The van der Waals surface area contributed by atoms with Crippen molar-refractivity contribution in [2.75, 3.05) is 6.61 Å². The van der Waals surface area contributed by atoms with Gasteiger partial charge in [-0.05, 0) is 46.1 Å². The Hall–Kier alpha value is -1.52. The second kappa shape index (κ2) is 5.89. The van der Waals surface area contributed by atoms with Gasteiger partial charge in [-0.2, -0.15) is 0 Å². The van der Waals surface area contributed by atoms with Crippen LogP contribution in [-0.4, -0.2) is 30.3 Å². The highest BCUT2D eigenvalue weighted by Gasteiger charge is 2.28. The normalized spacial score (nSPS) is 21.1. The molecule has 1 saturated carbocycles.